The number of anilines is 1. The first-order valence-electron chi connectivity index (χ1n) is 6.72. The summed E-state index contributed by atoms with van der Waals surface area (Å²) in [5, 5.41) is 1.16. The van der Waals surface area contributed by atoms with Crippen LogP contribution in [-0.2, 0) is 0 Å². The Bertz CT molecular complexity index is 557. The number of benzene rings is 1. The Labute approximate surface area is 108 Å². The number of hydrogen-bond acceptors (Lipinski definition) is 3. The van der Waals surface area contributed by atoms with Crippen molar-refractivity contribution in [3.8, 4) is 0 Å². The quantitative estimate of drug-likeness (QED) is 0.768. The van der Waals surface area contributed by atoms with Gasteiger partial charge in [-0.05, 0) is 31.7 Å². The standard InChI is InChI=1S/C15H19N3/c1-11-7-9-18(10-8-11)15-16-12(2)13-5-3-4-6-14(13)17-15/h3-6,11H,7-10H2,1-2H3. The van der Waals surface area contributed by atoms with Gasteiger partial charge in [-0.2, -0.15) is 0 Å². The molecule has 1 fully saturated rings. The molecule has 18 heavy (non-hydrogen) atoms. The molecule has 0 spiro atoms. The van der Waals surface area contributed by atoms with Crippen molar-refractivity contribution in [3.05, 3.63) is 30.0 Å². The minimum absolute atomic E-state index is 0.836. The van der Waals surface area contributed by atoms with Crippen molar-refractivity contribution in [2.45, 2.75) is 26.7 Å². The van der Waals surface area contributed by atoms with Crippen molar-refractivity contribution in [2.75, 3.05) is 18.0 Å². The molecule has 0 aliphatic carbocycles. The molecule has 94 valence electrons. The summed E-state index contributed by atoms with van der Waals surface area (Å²) >= 11 is 0. The highest BCUT2D eigenvalue weighted by molar-refractivity contribution is 5.81. The molecule has 1 aromatic heterocycles. The Hall–Kier alpha value is -1.64. The van der Waals surface area contributed by atoms with Gasteiger partial charge in [0.2, 0.25) is 5.95 Å². The second-order valence-electron chi connectivity index (χ2n) is 5.30. The van der Waals surface area contributed by atoms with Crippen LogP contribution in [0, 0.1) is 12.8 Å². The smallest absolute Gasteiger partial charge is 0.226 e. The predicted molar refractivity (Wildman–Crippen MR) is 74.9 cm³/mol. The fourth-order valence-corrected chi connectivity index (χ4v) is 2.57. The zero-order chi connectivity index (χ0) is 12.5. The number of nitrogens with zero attached hydrogens (tertiary/aromatic N) is 3. The number of aryl methyl sites for hydroxylation is 1. The summed E-state index contributed by atoms with van der Waals surface area (Å²) in [4.78, 5) is 11.7. The van der Waals surface area contributed by atoms with Crippen LogP contribution >= 0.6 is 0 Å². The summed E-state index contributed by atoms with van der Waals surface area (Å²) in [7, 11) is 0. The number of aromatic nitrogens is 2. The summed E-state index contributed by atoms with van der Waals surface area (Å²) in [5.41, 5.74) is 2.13. The van der Waals surface area contributed by atoms with Gasteiger partial charge in [-0.15, -0.1) is 0 Å². The average Bonchev–Trinajstić information content (AvgIpc) is 2.39. The van der Waals surface area contributed by atoms with Crippen LogP contribution in [-0.4, -0.2) is 23.1 Å². The van der Waals surface area contributed by atoms with Crippen LogP contribution in [0.4, 0.5) is 5.95 Å². The van der Waals surface area contributed by atoms with Gasteiger partial charge in [0.1, 0.15) is 0 Å². The number of para-hydroxylation sites is 1. The maximum Gasteiger partial charge on any atom is 0.226 e. The normalized spacial score (nSPS) is 17.3. The lowest BCUT2D eigenvalue weighted by atomic mass is 10.00. The monoisotopic (exact) mass is 241 g/mol. The van der Waals surface area contributed by atoms with Gasteiger partial charge >= 0.3 is 0 Å². The Morgan fingerprint density at radius 3 is 2.61 bits per heavy atom. The highest BCUT2D eigenvalue weighted by Crippen LogP contribution is 2.23. The van der Waals surface area contributed by atoms with Gasteiger partial charge < -0.3 is 4.90 Å². The van der Waals surface area contributed by atoms with E-state index < -0.39 is 0 Å². The molecule has 0 N–H and O–H groups in total. The Balaban J connectivity index is 1.97. The Kier molecular flexibility index (Phi) is 2.90. The van der Waals surface area contributed by atoms with Crippen molar-refractivity contribution in [3.63, 3.8) is 0 Å². The van der Waals surface area contributed by atoms with E-state index in [0.29, 0.717) is 0 Å². The molecule has 2 heterocycles. The summed E-state index contributed by atoms with van der Waals surface area (Å²) in [6.45, 7) is 6.56. The lowest BCUT2D eigenvalue weighted by Crippen LogP contribution is -2.34. The van der Waals surface area contributed by atoms with Gasteiger partial charge in [-0.25, -0.2) is 9.97 Å². The number of hydrogen-bond donors (Lipinski definition) is 0. The molecule has 0 radical (unpaired) electrons. The van der Waals surface area contributed by atoms with Crippen LogP contribution in [0.5, 0.6) is 0 Å². The molecular weight excluding hydrogens is 222 g/mol. The lowest BCUT2D eigenvalue weighted by molar-refractivity contribution is 0.434. The molecule has 1 saturated heterocycles. The largest absolute Gasteiger partial charge is 0.341 e. The van der Waals surface area contributed by atoms with E-state index in [0.717, 1.165) is 41.6 Å². The summed E-state index contributed by atoms with van der Waals surface area (Å²) in [6.07, 6.45) is 2.49. The van der Waals surface area contributed by atoms with Gasteiger partial charge in [0.05, 0.1) is 11.2 Å². The number of rotatable bonds is 1. The van der Waals surface area contributed by atoms with Gasteiger partial charge in [-0.1, -0.05) is 25.1 Å². The van der Waals surface area contributed by atoms with E-state index in [2.05, 4.69) is 35.9 Å². The molecule has 0 bridgehead atoms. The van der Waals surface area contributed by atoms with Crippen LogP contribution in [0.3, 0.4) is 0 Å². The van der Waals surface area contributed by atoms with Crippen LogP contribution in [0.25, 0.3) is 10.9 Å². The third-order valence-corrected chi connectivity index (χ3v) is 3.85. The highest BCUT2D eigenvalue weighted by atomic mass is 15.3. The zero-order valence-electron chi connectivity index (χ0n) is 11.1. The van der Waals surface area contributed by atoms with Crippen LogP contribution in [0.2, 0.25) is 0 Å². The molecule has 1 aromatic carbocycles. The van der Waals surface area contributed by atoms with E-state index in [4.69, 9.17) is 4.98 Å². The Morgan fingerprint density at radius 1 is 1.11 bits per heavy atom. The topological polar surface area (TPSA) is 29.0 Å². The van der Waals surface area contributed by atoms with Gasteiger partial charge in [-0.3, -0.25) is 0 Å². The molecule has 2 aromatic rings. The summed E-state index contributed by atoms with van der Waals surface area (Å²) in [6, 6.07) is 8.24. The van der Waals surface area contributed by atoms with Gasteiger partial charge in [0.15, 0.2) is 0 Å². The van der Waals surface area contributed by atoms with E-state index in [-0.39, 0.29) is 0 Å². The first kappa shape index (κ1) is 11.5. The highest BCUT2D eigenvalue weighted by Gasteiger charge is 2.18. The van der Waals surface area contributed by atoms with E-state index in [1.807, 2.05) is 12.1 Å². The first-order chi connectivity index (χ1) is 8.74. The molecular formula is C15H19N3. The number of piperidine rings is 1. The molecule has 0 atom stereocenters. The van der Waals surface area contributed by atoms with Crippen molar-refractivity contribution >= 4 is 16.9 Å². The molecule has 3 heteroatoms. The Morgan fingerprint density at radius 2 is 1.83 bits per heavy atom. The molecule has 3 rings (SSSR count). The van der Waals surface area contributed by atoms with Crippen molar-refractivity contribution in [1.82, 2.24) is 9.97 Å². The average molecular weight is 241 g/mol. The van der Waals surface area contributed by atoms with E-state index in [1.165, 1.54) is 12.8 Å². The second-order valence-corrected chi connectivity index (χ2v) is 5.30. The van der Waals surface area contributed by atoms with Crippen molar-refractivity contribution < 1.29 is 0 Å². The fourth-order valence-electron chi connectivity index (χ4n) is 2.57. The van der Waals surface area contributed by atoms with E-state index >= 15 is 0 Å². The number of fused-ring (bicyclic) bond motifs is 1. The molecule has 0 amide bonds. The summed E-state index contributed by atoms with van der Waals surface area (Å²) in [5.74, 6) is 1.74. The maximum absolute atomic E-state index is 4.70. The maximum atomic E-state index is 4.70. The van der Waals surface area contributed by atoms with Crippen molar-refractivity contribution in [2.24, 2.45) is 5.92 Å². The molecule has 1 aliphatic heterocycles. The minimum Gasteiger partial charge on any atom is -0.341 e. The fraction of sp³-hybridized carbons (Fsp3) is 0.467. The van der Waals surface area contributed by atoms with Gasteiger partial charge in [0.25, 0.3) is 0 Å². The van der Waals surface area contributed by atoms with Crippen molar-refractivity contribution in [1.29, 1.82) is 0 Å². The van der Waals surface area contributed by atoms with E-state index in [1.54, 1.807) is 0 Å². The van der Waals surface area contributed by atoms with Gasteiger partial charge in [0, 0.05) is 18.5 Å². The third kappa shape index (κ3) is 2.05. The van der Waals surface area contributed by atoms with Crippen LogP contribution < -0.4 is 4.90 Å². The zero-order valence-corrected chi connectivity index (χ0v) is 11.1. The predicted octanol–water partition coefficient (Wildman–Crippen LogP) is 3.17. The lowest BCUT2D eigenvalue weighted by Gasteiger charge is -2.30. The molecule has 3 nitrogen and oxygen atoms in total. The minimum atomic E-state index is 0.836. The second kappa shape index (κ2) is 4.56. The van der Waals surface area contributed by atoms with E-state index in [9.17, 15) is 0 Å². The third-order valence-electron chi connectivity index (χ3n) is 3.85. The summed E-state index contributed by atoms with van der Waals surface area (Å²) < 4.78 is 0. The van der Waals surface area contributed by atoms with Crippen LogP contribution in [0.15, 0.2) is 24.3 Å². The molecule has 0 unspecified atom stereocenters. The molecule has 1 aliphatic rings. The van der Waals surface area contributed by atoms with Crippen LogP contribution in [0.1, 0.15) is 25.5 Å². The SMILES string of the molecule is Cc1nc(N2CCC(C)CC2)nc2ccccc12. The first-order valence-corrected chi connectivity index (χ1v) is 6.72. The molecule has 0 saturated carbocycles.